The SMILES string of the molecule is COc1ccc2c(c1)CCCC(Br)=C2c1ccc(N2CCN(C(C)C)CC2)cc1. The van der Waals surface area contributed by atoms with Crippen LogP contribution in [-0.2, 0) is 6.42 Å². The maximum atomic E-state index is 5.46. The fourth-order valence-electron chi connectivity index (χ4n) is 4.50. The van der Waals surface area contributed by atoms with E-state index in [9.17, 15) is 0 Å². The number of allylic oxidation sites excluding steroid dienone is 1. The molecular weight excluding hydrogens is 424 g/mol. The molecule has 1 fully saturated rings. The molecule has 0 atom stereocenters. The van der Waals surface area contributed by atoms with Crippen molar-refractivity contribution in [2.24, 2.45) is 0 Å². The molecule has 1 saturated heterocycles. The molecule has 4 heteroatoms. The summed E-state index contributed by atoms with van der Waals surface area (Å²) in [6, 6.07) is 16.3. The number of hydrogen-bond acceptors (Lipinski definition) is 3. The molecule has 154 valence electrons. The third-order valence-electron chi connectivity index (χ3n) is 6.26. The molecule has 1 aliphatic heterocycles. The number of benzene rings is 2. The maximum absolute atomic E-state index is 5.46. The zero-order chi connectivity index (χ0) is 20.4. The van der Waals surface area contributed by atoms with E-state index in [0.717, 1.165) is 51.2 Å². The highest BCUT2D eigenvalue weighted by Gasteiger charge is 2.21. The van der Waals surface area contributed by atoms with E-state index >= 15 is 0 Å². The molecule has 2 aliphatic rings. The fourth-order valence-corrected chi connectivity index (χ4v) is 5.22. The largest absolute Gasteiger partial charge is 0.497 e. The Morgan fingerprint density at radius 2 is 1.66 bits per heavy atom. The van der Waals surface area contributed by atoms with Gasteiger partial charge in [0.15, 0.2) is 0 Å². The van der Waals surface area contributed by atoms with E-state index in [4.69, 9.17) is 4.74 Å². The first-order valence-electron chi connectivity index (χ1n) is 10.7. The predicted octanol–water partition coefficient (Wildman–Crippen LogP) is 5.72. The van der Waals surface area contributed by atoms with Crippen LogP contribution >= 0.6 is 15.9 Å². The molecule has 1 heterocycles. The van der Waals surface area contributed by atoms with Crippen LogP contribution < -0.4 is 9.64 Å². The molecule has 0 saturated carbocycles. The molecule has 29 heavy (non-hydrogen) atoms. The Morgan fingerprint density at radius 1 is 0.931 bits per heavy atom. The first-order chi connectivity index (χ1) is 14.1. The van der Waals surface area contributed by atoms with E-state index < -0.39 is 0 Å². The van der Waals surface area contributed by atoms with E-state index in [1.807, 2.05) is 0 Å². The van der Waals surface area contributed by atoms with Gasteiger partial charge in [-0.05, 0) is 79.6 Å². The van der Waals surface area contributed by atoms with Gasteiger partial charge in [-0.15, -0.1) is 0 Å². The Balaban J connectivity index is 1.59. The number of halogens is 1. The number of anilines is 1. The molecule has 0 amide bonds. The molecule has 0 radical (unpaired) electrons. The molecule has 2 aromatic rings. The number of ether oxygens (including phenoxy) is 1. The van der Waals surface area contributed by atoms with Gasteiger partial charge in [-0.1, -0.05) is 34.1 Å². The molecule has 4 rings (SSSR count). The minimum absolute atomic E-state index is 0.637. The van der Waals surface area contributed by atoms with Crippen molar-refractivity contribution in [2.75, 3.05) is 38.2 Å². The second-order valence-corrected chi connectivity index (χ2v) is 9.28. The average molecular weight is 455 g/mol. The highest BCUT2D eigenvalue weighted by atomic mass is 79.9. The minimum atomic E-state index is 0.637. The highest BCUT2D eigenvalue weighted by molar-refractivity contribution is 9.11. The molecule has 0 N–H and O–H groups in total. The van der Waals surface area contributed by atoms with Crippen LogP contribution in [0.5, 0.6) is 5.75 Å². The molecular formula is C25H31BrN2O. The van der Waals surface area contributed by atoms with Gasteiger partial charge in [0.05, 0.1) is 7.11 Å². The van der Waals surface area contributed by atoms with Crippen LogP contribution in [0.2, 0.25) is 0 Å². The van der Waals surface area contributed by atoms with Gasteiger partial charge in [-0.2, -0.15) is 0 Å². The van der Waals surface area contributed by atoms with Crippen LogP contribution in [-0.4, -0.2) is 44.2 Å². The molecule has 0 bridgehead atoms. The van der Waals surface area contributed by atoms with Crippen LogP contribution in [0.4, 0.5) is 5.69 Å². The summed E-state index contributed by atoms with van der Waals surface area (Å²) in [5, 5.41) is 0. The van der Waals surface area contributed by atoms with E-state index in [1.165, 1.54) is 32.4 Å². The second-order valence-electron chi connectivity index (χ2n) is 8.32. The summed E-state index contributed by atoms with van der Waals surface area (Å²) in [6.45, 7) is 9.07. The van der Waals surface area contributed by atoms with Crippen molar-refractivity contribution in [3.63, 3.8) is 0 Å². The molecule has 0 unspecified atom stereocenters. The summed E-state index contributed by atoms with van der Waals surface area (Å²) >= 11 is 3.89. The lowest BCUT2D eigenvalue weighted by Crippen LogP contribution is -2.48. The van der Waals surface area contributed by atoms with Crippen LogP contribution in [0.25, 0.3) is 5.57 Å². The number of methoxy groups -OCH3 is 1. The highest BCUT2D eigenvalue weighted by Crippen LogP contribution is 2.39. The summed E-state index contributed by atoms with van der Waals surface area (Å²) in [5.41, 5.74) is 6.65. The molecule has 1 aliphatic carbocycles. The Morgan fingerprint density at radius 3 is 2.31 bits per heavy atom. The molecule has 0 spiro atoms. The summed E-state index contributed by atoms with van der Waals surface area (Å²) in [6.07, 6.45) is 3.32. The lowest BCUT2D eigenvalue weighted by molar-refractivity contribution is 0.209. The third kappa shape index (κ3) is 4.39. The van der Waals surface area contributed by atoms with E-state index in [0.29, 0.717) is 6.04 Å². The zero-order valence-corrected chi connectivity index (χ0v) is 19.3. The average Bonchev–Trinajstić information content (AvgIpc) is 2.91. The van der Waals surface area contributed by atoms with Crippen molar-refractivity contribution in [2.45, 2.75) is 39.2 Å². The first kappa shape index (κ1) is 20.5. The number of nitrogens with zero attached hydrogens (tertiary/aromatic N) is 2. The van der Waals surface area contributed by atoms with Gasteiger partial charge in [0.1, 0.15) is 5.75 Å². The van der Waals surface area contributed by atoms with Gasteiger partial charge >= 0.3 is 0 Å². The number of piperazine rings is 1. The van der Waals surface area contributed by atoms with Crippen LogP contribution in [0, 0.1) is 0 Å². The lowest BCUT2D eigenvalue weighted by atomic mass is 9.93. The summed E-state index contributed by atoms with van der Waals surface area (Å²) < 4.78 is 6.76. The number of rotatable bonds is 4. The lowest BCUT2D eigenvalue weighted by Gasteiger charge is -2.38. The van der Waals surface area contributed by atoms with Gasteiger partial charge in [-0.3, -0.25) is 4.90 Å². The van der Waals surface area contributed by atoms with Crippen molar-refractivity contribution in [3.05, 3.63) is 63.6 Å². The Labute approximate surface area is 183 Å². The second kappa shape index (κ2) is 8.93. The smallest absolute Gasteiger partial charge is 0.119 e. The third-order valence-corrected chi connectivity index (χ3v) is 7.05. The van der Waals surface area contributed by atoms with Gasteiger partial charge < -0.3 is 9.64 Å². The normalized spacial score (nSPS) is 18.0. The van der Waals surface area contributed by atoms with Gasteiger partial charge in [-0.25, -0.2) is 0 Å². The minimum Gasteiger partial charge on any atom is -0.497 e. The van der Waals surface area contributed by atoms with Crippen molar-refractivity contribution in [1.82, 2.24) is 4.90 Å². The van der Waals surface area contributed by atoms with E-state index in [2.05, 4.69) is 82.0 Å². The fraction of sp³-hybridized carbons (Fsp3) is 0.440. The first-order valence-corrected chi connectivity index (χ1v) is 11.5. The Bertz CT molecular complexity index is 880. The van der Waals surface area contributed by atoms with Crippen molar-refractivity contribution < 1.29 is 4.74 Å². The quantitative estimate of drug-likeness (QED) is 0.587. The zero-order valence-electron chi connectivity index (χ0n) is 17.7. The topological polar surface area (TPSA) is 15.7 Å². The van der Waals surface area contributed by atoms with E-state index in [1.54, 1.807) is 7.11 Å². The van der Waals surface area contributed by atoms with Crippen LogP contribution in [0.3, 0.4) is 0 Å². The van der Waals surface area contributed by atoms with E-state index in [-0.39, 0.29) is 0 Å². The van der Waals surface area contributed by atoms with Crippen LogP contribution in [0.1, 0.15) is 43.4 Å². The summed E-state index contributed by atoms with van der Waals surface area (Å²) in [7, 11) is 1.74. The Kier molecular flexibility index (Phi) is 6.31. The van der Waals surface area contributed by atoms with Crippen molar-refractivity contribution in [1.29, 1.82) is 0 Å². The predicted molar refractivity (Wildman–Crippen MR) is 126 cm³/mol. The van der Waals surface area contributed by atoms with Crippen LogP contribution in [0.15, 0.2) is 46.9 Å². The number of aryl methyl sites for hydroxylation is 1. The van der Waals surface area contributed by atoms with Gasteiger partial charge in [0.2, 0.25) is 0 Å². The molecule has 0 aromatic heterocycles. The molecule has 3 nitrogen and oxygen atoms in total. The maximum Gasteiger partial charge on any atom is 0.119 e. The van der Waals surface area contributed by atoms with Gasteiger partial charge in [0, 0.05) is 42.4 Å². The van der Waals surface area contributed by atoms with Crippen molar-refractivity contribution >= 4 is 27.2 Å². The number of hydrogen-bond donors (Lipinski definition) is 0. The number of fused-ring (bicyclic) bond motifs is 1. The summed E-state index contributed by atoms with van der Waals surface area (Å²) in [5.74, 6) is 0.942. The van der Waals surface area contributed by atoms with Crippen molar-refractivity contribution in [3.8, 4) is 5.75 Å². The Hall–Kier alpha value is -1.78. The van der Waals surface area contributed by atoms with Gasteiger partial charge in [0.25, 0.3) is 0 Å². The standard InChI is InChI=1S/C25H31BrN2O/c1-18(2)27-13-15-28(16-14-27)21-9-7-19(8-10-21)25-23-12-11-22(29-3)17-20(23)5-4-6-24(25)26/h7-12,17-18H,4-6,13-16H2,1-3H3. The summed E-state index contributed by atoms with van der Waals surface area (Å²) in [4.78, 5) is 5.07. The molecule has 2 aromatic carbocycles. The monoisotopic (exact) mass is 454 g/mol.